The Morgan fingerprint density at radius 3 is 2.42 bits per heavy atom. The van der Waals surface area contributed by atoms with E-state index in [0.29, 0.717) is 17.1 Å². The van der Waals surface area contributed by atoms with Gasteiger partial charge in [-0.05, 0) is 30.7 Å². The van der Waals surface area contributed by atoms with Crippen LogP contribution in [0.4, 0.5) is 23.8 Å². The fraction of sp³-hybridized carbons (Fsp3) is 0.458. The summed E-state index contributed by atoms with van der Waals surface area (Å²) >= 11 is 6.09. The molecule has 0 spiro atoms. The van der Waals surface area contributed by atoms with Crippen molar-refractivity contribution in [3.05, 3.63) is 53.2 Å². The summed E-state index contributed by atoms with van der Waals surface area (Å²) in [7, 11) is -4.32. The normalized spacial score (nSPS) is 18.9. The first-order chi connectivity index (χ1) is 18.0. The van der Waals surface area contributed by atoms with Crippen LogP contribution in [0.3, 0.4) is 0 Å². The maximum absolute atomic E-state index is 13.5. The highest BCUT2D eigenvalue weighted by Crippen LogP contribution is 2.35. The zero-order valence-corrected chi connectivity index (χ0v) is 22.1. The van der Waals surface area contributed by atoms with E-state index < -0.39 is 39.7 Å². The van der Waals surface area contributed by atoms with Crippen molar-refractivity contribution in [2.45, 2.75) is 36.9 Å². The predicted octanol–water partition coefficient (Wildman–Crippen LogP) is 3.70. The van der Waals surface area contributed by atoms with Crippen LogP contribution in [0, 0.1) is 0 Å². The second kappa shape index (κ2) is 11.0. The minimum absolute atomic E-state index is 0.0425. The molecule has 38 heavy (non-hydrogen) atoms. The number of hydrogen-bond acceptors (Lipinski definition) is 6. The van der Waals surface area contributed by atoms with E-state index in [1.54, 1.807) is 6.07 Å². The number of aromatic nitrogens is 1. The first-order valence-corrected chi connectivity index (χ1v) is 13.9. The number of amides is 3. The molecule has 4 rings (SSSR count). The number of alkyl halides is 3. The molecule has 206 valence electrons. The largest absolute Gasteiger partial charge is 0.419 e. The Balaban J connectivity index is 1.53. The summed E-state index contributed by atoms with van der Waals surface area (Å²) in [6.07, 6.45) is -2.02. The molecule has 3 heterocycles. The summed E-state index contributed by atoms with van der Waals surface area (Å²) in [5.74, 6) is -0.659. The highest BCUT2D eigenvalue weighted by Gasteiger charge is 2.48. The van der Waals surface area contributed by atoms with Gasteiger partial charge in [-0.25, -0.2) is 22.5 Å². The van der Waals surface area contributed by atoms with Crippen molar-refractivity contribution in [1.29, 1.82) is 0 Å². The number of rotatable bonds is 7. The molecule has 2 saturated heterocycles. The van der Waals surface area contributed by atoms with Gasteiger partial charge in [0, 0.05) is 38.9 Å². The van der Waals surface area contributed by atoms with Crippen molar-refractivity contribution in [2.75, 3.05) is 44.2 Å². The summed E-state index contributed by atoms with van der Waals surface area (Å²) < 4.78 is 67.6. The van der Waals surface area contributed by atoms with Crippen molar-refractivity contribution < 1.29 is 31.2 Å². The average molecular weight is 574 g/mol. The van der Waals surface area contributed by atoms with E-state index in [-0.39, 0.29) is 55.0 Å². The molecule has 1 unspecified atom stereocenters. The lowest BCUT2D eigenvalue weighted by Crippen LogP contribution is -2.55. The lowest BCUT2D eigenvalue weighted by atomic mass is 10.1. The molecule has 2 aromatic rings. The topological polar surface area (TPSA) is 94.1 Å². The highest BCUT2D eigenvalue weighted by molar-refractivity contribution is 7.89. The summed E-state index contributed by atoms with van der Waals surface area (Å²) in [6.45, 7) is 2.09. The van der Waals surface area contributed by atoms with E-state index in [1.807, 2.05) is 6.92 Å². The molecule has 2 aliphatic rings. The molecule has 2 fully saturated rings. The second-order valence-corrected chi connectivity index (χ2v) is 11.2. The third-order valence-corrected chi connectivity index (χ3v) is 8.84. The monoisotopic (exact) mass is 573 g/mol. The van der Waals surface area contributed by atoms with Crippen LogP contribution in [0.2, 0.25) is 5.02 Å². The van der Waals surface area contributed by atoms with E-state index in [0.717, 1.165) is 6.07 Å². The molecule has 3 amide bonds. The molecule has 9 nitrogen and oxygen atoms in total. The summed E-state index contributed by atoms with van der Waals surface area (Å²) in [5, 5.41) is -0.0425. The fourth-order valence-electron chi connectivity index (χ4n) is 4.59. The van der Waals surface area contributed by atoms with Crippen molar-refractivity contribution in [2.24, 2.45) is 0 Å². The second-order valence-electron chi connectivity index (χ2n) is 9.00. The van der Waals surface area contributed by atoms with Crippen LogP contribution in [0.5, 0.6) is 0 Å². The molecule has 0 aliphatic carbocycles. The zero-order valence-electron chi connectivity index (χ0n) is 20.6. The maximum atomic E-state index is 13.5. The van der Waals surface area contributed by atoms with Gasteiger partial charge in [0.1, 0.15) is 16.8 Å². The number of benzene rings is 1. The Morgan fingerprint density at radius 1 is 1.11 bits per heavy atom. The number of carbonyl (C=O) groups is 2. The Hall–Kier alpha value is -3.06. The molecule has 2 aliphatic heterocycles. The number of hydrogen-bond donors (Lipinski definition) is 0. The lowest BCUT2D eigenvalue weighted by molar-refractivity contribution is -0.138. The molecule has 0 radical (unpaired) electrons. The lowest BCUT2D eigenvalue weighted by Gasteiger charge is -2.38. The van der Waals surface area contributed by atoms with Gasteiger partial charge in [-0.2, -0.15) is 13.2 Å². The number of piperazine rings is 1. The van der Waals surface area contributed by atoms with Gasteiger partial charge in [0.15, 0.2) is 0 Å². The molecule has 14 heteroatoms. The summed E-state index contributed by atoms with van der Waals surface area (Å²) in [5.41, 5.74) is -0.854. The van der Waals surface area contributed by atoms with Crippen LogP contribution in [-0.2, 0) is 21.0 Å². The molecule has 1 aromatic carbocycles. The van der Waals surface area contributed by atoms with Gasteiger partial charge in [0.25, 0.3) is 10.0 Å². The van der Waals surface area contributed by atoms with Gasteiger partial charge in [0.05, 0.1) is 17.1 Å². The van der Waals surface area contributed by atoms with Gasteiger partial charge in [-0.15, -0.1) is 0 Å². The molecule has 0 bridgehead atoms. The van der Waals surface area contributed by atoms with Gasteiger partial charge in [0.2, 0.25) is 5.91 Å². The van der Waals surface area contributed by atoms with Gasteiger partial charge in [-0.3, -0.25) is 4.79 Å². The number of carbonyl (C=O) groups excluding carboxylic acids is 2. The number of anilines is 1. The van der Waals surface area contributed by atoms with Gasteiger partial charge in [-0.1, -0.05) is 37.1 Å². The number of urea groups is 1. The number of unbranched alkanes of at least 4 members (excludes halogenated alkanes) is 1. The minimum Gasteiger partial charge on any atom is -0.353 e. The SMILES string of the molecule is CCCCN1C(=O)N(S(=O)(=O)c2ccccc2Cl)CC1C(=O)N1CCN(c2ncccc2C(F)(F)F)CC1. The van der Waals surface area contributed by atoms with Crippen LogP contribution in [0.25, 0.3) is 0 Å². The average Bonchev–Trinajstić information content (AvgIpc) is 3.23. The van der Waals surface area contributed by atoms with E-state index in [1.165, 1.54) is 45.2 Å². The minimum atomic E-state index is -4.57. The van der Waals surface area contributed by atoms with Crippen molar-refractivity contribution in [3.8, 4) is 0 Å². The predicted molar refractivity (Wildman–Crippen MR) is 134 cm³/mol. The molecular weight excluding hydrogens is 547 g/mol. The van der Waals surface area contributed by atoms with E-state index in [2.05, 4.69) is 4.98 Å². The van der Waals surface area contributed by atoms with E-state index >= 15 is 0 Å². The Labute approximate surface area is 223 Å². The first kappa shape index (κ1) is 28.0. The van der Waals surface area contributed by atoms with Crippen molar-refractivity contribution in [3.63, 3.8) is 0 Å². The Morgan fingerprint density at radius 2 is 1.79 bits per heavy atom. The summed E-state index contributed by atoms with van der Waals surface area (Å²) in [4.78, 5) is 34.6. The first-order valence-electron chi connectivity index (χ1n) is 12.1. The molecule has 1 aromatic heterocycles. The maximum Gasteiger partial charge on any atom is 0.419 e. The molecular formula is C24H27ClF3N5O4S. The van der Waals surface area contributed by atoms with Crippen LogP contribution >= 0.6 is 11.6 Å². The molecule has 0 saturated carbocycles. The van der Waals surface area contributed by atoms with Crippen LogP contribution in [0.15, 0.2) is 47.5 Å². The standard InChI is InChI=1S/C24H27ClF3N5O4S/c1-2-3-11-32-19(16-33(23(32)35)38(36,37)20-9-5-4-8-18(20)25)22(34)31-14-12-30(13-15-31)21-17(24(26,27)28)7-6-10-29-21/h4-10,19H,2-3,11-16H2,1H3. The van der Waals surface area contributed by atoms with Gasteiger partial charge >= 0.3 is 12.2 Å². The quantitative estimate of drug-likeness (QED) is 0.501. The molecule has 1 atom stereocenters. The fourth-order valence-corrected chi connectivity index (χ4v) is 6.47. The van der Waals surface area contributed by atoms with Crippen LogP contribution in [0.1, 0.15) is 25.3 Å². The smallest absolute Gasteiger partial charge is 0.353 e. The third-order valence-electron chi connectivity index (χ3n) is 6.60. The number of nitrogens with zero attached hydrogens (tertiary/aromatic N) is 5. The van der Waals surface area contributed by atoms with E-state index in [4.69, 9.17) is 11.6 Å². The Kier molecular flexibility index (Phi) is 8.07. The molecule has 0 N–H and O–H groups in total. The highest BCUT2D eigenvalue weighted by atomic mass is 35.5. The zero-order chi connectivity index (χ0) is 27.7. The van der Waals surface area contributed by atoms with Crippen LogP contribution < -0.4 is 4.90 Å². The number of pyridine rings is 1. The number of sulfonamides is 1. The van der Waals surface area contributed by atoms with Crippen LogP contribution in [-0.4, -0.2) is 84.8 Å². The van der Waals surface area contributed by atoms with Gasteiger partial charge < -0.3 is 14.7 Å². The van der Waals surface area contributed by atoms with E-state index in [9.17, 15) is 31.2 Å². The summed E-state index contributed by atoms with van der Waals surface area (Å²) in [6, 6.07) is 6.06. The Bertz CT molecular complexity index is 1300. The van der Waals surface area contributed by atoms with Crippen molar-refractivity contribution >= 4 is 39.4 Å². The third kappa shape index (κ3) is 5.39. The number of halogens is 4. The van der Waals surface area contributed by atoms with Crippen molar-refractivity contribution in [1.82, 2.24) is 19.1 Å².